The molecule has 0 heterocycles. The van der Waals surface area contributed by atoms with Crippen LogP contribution in [0.3, 0.4) is 0 Å². The number of carbonyl (C=O) groups is 1. The molecule has 0 spiro atoms. The predicted molar refractivity (Wildman–Crippen MR) is 55.4 cm³/mol. The Kier molecular flexibility index (Phi) is 3.73. The standard InChI is InChI=1S/C11H20O4/c1-11(2,3)15-9-6-7(5-8(9)12)10(13)14-4/h7-9,12H,5-6H2,1-4H3/t7?,8?,9-/m1/s1. The van der Waals surface area contributed by atoms with E-state index in [0.29, 0.717) is 12.8 Å². The fraction of sp³-hybridized carbons (Fsp3) is 0.909. The van der Waals surface area contributed by atoms with Gasteiger partial charge in [0.25, 0.3) is 0 Å². The number of rotatable bonds is 2. The Hall–Kier alpha value is -0.610. The molecule has 4 heteroatoms. The summed E-state index contributed by atoms with van der Waals surface area (Å²) in [4.78, 5) is 11.3. The van der Waals surface area contributed by atoms with E-state index >= 15 is 0 Å². The predicted octanol–water partition coefficient (Wildman–Crippen LogP) is 1.11. The van der Waals surface area contributed by atoms with E-state index in [1.807, 2.05) is 20.8 Å². The number of methoxy groups -OCH3 is 1. The lowest BCUT2D eigenvalue weighted by molar-refractivity contribution is -0.146. The van der Waals surface area contributed by atoms with Crippen molar-refractivity contribution < 1.29 is 19.4 Å². The minimum atomic E-state index is -0.562. The van der Waals surface area contributed by atoms with E-state index in [4.69, 9.17) is 4.74 Å². The largest absolute Gasteiger partial charge is 0.469 e. The van der Waals surface area contributed by atoms with Crippen molar-refractivity contribution >= 4 is 5.97 Å². The molecule has 0 bridgehead atoms. The number of carbonyl (C=O) groups excluding carboxylic acids is 1. The van der Waals surface area contributed by atoms with Crippen LogP contribution < -0.4 is 0 Å². The maximum atomic E-state index is 11.3. The Morgan fingerprint density at radius 1 is 1.33 bits per heavy atom. The molecule has 3 atom stereocenters. The van der Waals surface area contributed by atoms with Gasteiger partial charge in [-0.3, -0.25) is 4.79 Å². The zero-order valence-electron chi connectivity index (χ0n) is 9.82. The van der Waals surface area contributed by atoms with Gasteiger partial charge < -0.3 is 14.6 Å². The van der Waals surface area contributed by atoms with Crippen molar-refractivity contribution in [3.8, 4) is 0 Å². The third kappa shape index (κ3) is 3.47. The Morgan fingerprint density at radius 2 is 1.93 bits per heavy atom. The summed E-state index contributed by atoms with van der Waals surface area (Å²) < 4.78 is 10.3. The van der Waals surface area contributed by atoms with Crippen molar-refractivity contribution in [3.05, 3.63) is 0 Å². The second kappa shape index (κ2) is 4.49. The molecule has 0 saturated heterocycles. The second-order valence-electron chi connectivity index (χ2n) is 5.03. The zero-order chi connectivity index (χ0) is 11.6. The minimum Gasteiger partial charge on any atom is -0.469 e. The zero-order valence-corrected chi connectivity index (χ0v) is 9.82. The molecule has 0 aliphatic heterocycles. The van der Waals surface area contributed by atoms with Crippen molar-refractivity contribution in [2.24, 2.45) is 5.92 Å². The molecule has 4 nitrogen and oxygen atoms in total. The Balaban J connectivity index is 2.53. The van der Waals surface area contributed by atoms with E-state index in [1.165, 1.54) is 7.11 Å². The van der Waals surface area contributed by atoms with Gasteiger partial charge in [0, 0.05) is 0 Å². The highest BCUT2D eigenvalue weighted by atomic mass is 16.5. The van der Waals surface area contributed by atoms with Gasteiger partial charge in [0.2, 0.25) is 0 Å². The molecule has 0 aromatic heterocycles. The summed E-state index contributed by atoms with van der Waals surface area (Å²) in [6, 6.07) is 0. The first-order valence-electron chi connectivity index (χ1n) is 5.27. The fourth-order valence-electron chi connectivity index (χ4n) is 1.92. The summed E-state index contributed by atoms with van der Waals surface area (Å²) in [6.45, 7) is 5.81. The molecule has 2 unspecified atom stereocenters. The molecular formula is C11H20O4. The first-order valence-corrected chi connectivity index (χ1v) is 5.27. The quantitative estimate of drug-likeness (QED) is 0.703. The van der Waals surface area contributed by atoms with Gasteiger partial charge in [0.15, 0.2) is 0 Å². The van der Waals surface area contributed by atoms with Crippen LogP contribution in [0.1, 0.15) is 33.6 Å². The number of ether oxygens (including phenoxy) is 2. The van der Waals surface area contributed by atoms with E-state index in [9.17, 15) is 9.90 Å². The fourth-order valence-corrected chi connectivity index (χ4v) is 1.92. The van der Waals surface area contributed by atoms with Gasteiger partial charge in [-0.1, -0.05) is 0 Å². The molecule has 1 fully saturated rings. The van der Waals surface area contributed by atoms with Crippen molar-refractivity contribution in [2.45, 2.75) is 51.4 Å². The number of hydrogen-bond acceptors (Lipinski definition) is 4. The molecule has 1 saturated carbocycles. The first kappa shape index (κ1) is 12.5. The molecule has 1 rings (SSSR count). The highest BCUT2D eigenvalue weighted by Crippen LogP contribution is 2.31. The first-order chi connectivity index (χ1) is 6.83. The summed E-state index contributed by atoms with van der Waals surface area (Å²) >= 11 is 0. The van der Waals surface area contributed by atoms with Gasteiger partial charge in [-0.25, -0.2) is 0 Å². The van der Waals surface area contributed by atoms with Gasteiger partial charge in [-0.2, -0.15) is 0 Å². The number of esters is 1. The lowest BCUT2D eigenvalue weighted by atomic mass is 10.1. The van der Waals surface area contributed by atoms with Gasteiger partial charge >= 0.3 is 5.97 Å². The number of hydrogen-bond donors (Lipinski definition) is 1. The van der Waals surface area contributed by atoms with Crippen molar-refractivity contribution in [1.82, 2.24) is 0 Å². The summed E-state index contributed by atoms with van der Waals surface area (Å²) in [5.41, 5.74) is -0.295. The monoisotopic (exact) mass is 216 g/mol. The molecule has 1 N–H and O–H groups in total. The van der Waals surface area contributed by atoms with Crippen molar-refractivity contribution in [3.63, 3.8) is 0 Å². The molecule has 1 aliphatic rings. The van der Waals surface area contributed by atoms with Crippen LogP contribution in [0.2, 0.25) is 0 Å². The summed E-state index contributed by atoms with van der Waals surface area (Å²) in [6.07, 6.45) is 0.167. The lowest BCUT2D eigenvalue weighted by Crippen LogP contribution is -2.32. The topological polar surface area (TPSA) is 55.8 Å². The number of aliphatic hydroxyl groups is 1. The van der Waals surface area contributed by atoms with E-state index in [1.54, 1.807) is 0 Å². The Morgan fingerprint density at radius 3 is 2.40 bits per heavy atom. The van der Waals surface area contributed by atoms with Crippen LogP contribution in [0.15, 0.2) is 0 Å². The Labute approximate surface area is 90.6 Å². The normalized spacial score (nSPS) is 31.7. The van der Waals surface area contributed by atoms with Crippen LogP contribution >= 0.6 is 0 Å². The van der Waals surface area contributed by atoms with E-state index in [2.05, 4.69) is 4.74 Å². The number of aliphatic hydroxyl groups excluding tert-OH is 1. The lowest BCUT2D eigenvalue weighted by Gasteiger charge is -2.26. The molecule has 88 valence electrons. The van der Waals surface area contributed by atoms with Gasteiger partial charge in [-0.15, -0.1) is 0 Å². The molecule has 0 radical (unpaired) electrons. The van der Waals surface area contributed by atoms with Gasteiger partial charge in [0.05, 0.1) is 30.8 Å². The van der Waals surface area contributed by atoms with Crippen LogP contribution in [0.25, 0.3) is 0 Å². The van der Waals surface area contributed by atoms with Crippen LogP contribution in [0.4, 0.5) is 0 Å². The molecule has 0 aromatic rings. The van der Waals surface area contributed by atoms with Crippen LogP contribution in [-0.2, 0) is 14.3 Å². The highest BCUT2D eigenvalue weighted by Gasteiger charge is 2.39. The minimum absolute atomic E-state index is 0.225. The summed E-state index contributed by atoms with van der Waals surface area (Å²) in [7, 11) is 1.37. The molecule has 1 aliphatic carbocycles. The molecule has 15 heavy (non-hydrogen) atoms. The molecule has 0 aromatic carbocycles. The van der Waals surface area contributed by atoms with Crippen molar-refractivity contribution in [2.75, 3.05) is 7.11 Å². The highest BCUT2D eigenvalue weighted by molar-refractivity contribution is 5.72. The summed E-state index contributed by atoms with van der Waals surface area (Å²) in [5.74, 6) is -0.480. The molecule has 0 amide bonds. The average molecular weight is 216 g/mol. The SMILES string of the molecule is COC(=O)C1CC(O)[C@H](OC(C)(C)C)C1. The maximum Gasteiger partial charge on any atom is 0.308 e. The smallest absolute Gasteiger partial charge is 0.308 e. The van der Waals surface area contributed by atoms with Crippen LogP contribution in [-0.4, -0.2) is 36.0 Å². The third-order valence-electron chi connectivity index (χ3n) is 2.51. The van der Waals surface area contributed by atoms with Crippen LogP contribution in [0.5, 0.6) is 0 Å². The van der Waals surface area contributed by atoms with Gasteiger partial charge in [-0.05, 0) is 33.6 Å². The van der Waals surface area contributed by atoms with Gasteiger partial charge in [0.1, 0.15) is 0 Å². The third-order valence-corrected chi connectivity index (χ3v) is 2.51. The van der Waals surface area contributed by atoms with Crippen LogP contribution in [0, 0.1) is 5.92 Å². The molecular weight excluding hydrogens is 196 g/mol. The average Bonchev–Trinajstić information content (AvgIpc) is 2.44. The van der Waals surface area contributed by atoms with E-state index in [-0.39, 0.29) is 23.6 Å². The Bertz CT molecular complexity index is 231. The van der Waals surface area contributed by atoms with Crippen molar-refractivity contribution in [1.29, 1.82) is 0 Å². The van der Waals surface area contributed by atoms with E-state index in [0.717, 1.165) is 0 Å². The second-order valence-corrected chi connectivity index (χ2v) is 5.03. The summed E-state index contributed by atoms with van der Waals surface area (Å²) in [5, 5.41) is 9.73. The maximum absolute atomic E-state index is 11.3. The van der Waals surface area contributed by atoms with E-state index < -0.39 is 6.10 Å².